The van der Waals surface area contributed by atoms with Crippen molar-refractivity contribution in [2.24, 2.45) is 0 Å². The van der Waals surface area contributed by atoms with Crippen LogP contribution in [0.4, 0.5) is 15.2 Å². The van der Waals surface area contributed by atoms with Gasteiger partial charge in [0.25, 0.3) is 11.8 Å². The fourth-order valence-electron chi connectivity index (χ4n) is 2.36. The zero-order valence-corrected chi connectivity index (χ0v) is 16.0. The Morgan fingerprint density at radius 2 is 1.97 bits per heavy atom. The average molecular weight is 413 g/mol. The lowest BCUT2D eigenvalue weighted by Crippen LogP contribution is -2.40. The number of thiazole rings is 1. The van der Waals surface area contributed by atoms with Gasteiger partial charge in [0.2, 0.25) is 5.91 Å². The molecule has 3 amide bonds. The molecule has 3 rings (SSSR count). The second-order valence-electron chi connectivity index (χ2n) is 5.72. The van der Waals surface area contributed by atoms with Gasteiger partial charge in [-0.05, 0) is 30.3 Å². The number of nitrogens with one attached hydrogen (secondary N) is 3. The number of aromatic amines is 1. The van der Waals surface area contributed by atoms with E-state index in [-0.39, 0.29) is 10.8 Å². The van der Waals surface area contributed by atoms with Gasteiger partial charge in [-0.1, -0.05) is 12.1 Å². The molecule has 3 N–H and O–H groups in total. The van der Waals surface area contributed by atoms with E-state index in [0.717, 1.165) is 16.2 Å². The van der Waals surface area contributed by atoms with Crippen molar-refractivity contribution < 1.29 is 18.8 Å². The number of hydrogen-bond donors (Lipinski definition) is 3. The molecule has 0 bridgehead atoms. The zero-order chi connectivity index (χ0) is 20.8. The van der Waals surface area contributed by atoms with E-state index in [1.54, 1.807) is 29.8 Å². The highest BCUT2D eigenvalue weighted by Gasteiger charge is 2.20. The molecule has 8 nitrogen and oxygen atoms in total. The molecule has 1 aromatic carbocycles. The molecular weight excluding hydrogens is 397 g/mol. The van der Waals surface area contributed by atoms with Crippen LogP contribution in [0.1, 0.15) is 23.1 Å². The molecule has 0 unspecified atom stereocenters. The second-order valence-corrected chi connectivity index (χ2v) is 6.56. The molecule has 0 saturated heterocycles. The maximum absolute atomic E-state index is 14.1. The number of hydrazine groups is 1. The van der Waals surface area contributed by atoms with Gasteiger partial charge in [-0.2, -0.15) is 0 Å². The van der Waals surface area contributed by atoms with Gasteiger partial charge in [0, 0.05) is 24.6 Å². The molecule has 0 aliphatic heterocycles. The van der Waals surface area contributed by atoms with E-state index < -0.39 is 23.5 Å². The summed E-state index contributed by atoms with van der Waals surface area (Å²) in [6, 6.07) is 9.10. The van der Waals surface area contributed by atoms with Crippen molar-refractivity contribution in [2.45, 2.75) is 6.92 Å². The predicted molar refractivity (Wildman–Crippen MR) is 107 cm³/mol. The molecule has 148 valence electrons. The number of benzene rings is 1. The van der Waals surface area contributed by atoms with E-state index in [1.165, 1.54) is 37.3 Å². The van der Waals surface area contributed by atoms with Gasteiger partial charge in [-0.15, -0.1) is 11.3 Å². The van der Waals surface area contributed by atoms with Crippen LogP contribution in [-0.2, 0) is 9.59 Å². The minimum Gasteiger partial charge on any atom is -0.357 e. The Labute approximate surface area is 169 Å². The lowest BCUT2D eigenvalue weighted by molar-refractivity contribution is -0.117. The number of halogens is 1. The number of carbonyl (C=O) groups is 3. The first-order valence-corrected chi connectivity index (χ1v) is 9.26. The summed E-state index contributed by atoms with van der Waals surface area (Å²) in [6.45, 7) is 1.31. The highest BCUT2D eigenvalue weighted by Crippen LogP contribution is 2.30. The second kappa shape index (κ2) is 8.93. The summed E-state index contributed by atoms with van der Waals surface area (Å²) in [6.07, 6.45) is 4.17. The maximum Gasteiger partial charge on any atom is 0.286 e. The number of hydrogen-bond acceptors (Lipinski definition) is 5. The highest BCUT2D eigenvalue weighted by atomic mass is 32.1. The normalized spacial score (nSPS) is 10.7. The van der Waals surface area contributed by atoms with Gasteiger partial charge in [0.1, 0.15) is 11.5 Å². The first-order chi connectivity index (χ1) is 14.0. The van der Waals surface area contributed by atoms with E-state index in [1.807, 2.05) is 0 Å². The van der Waals surface area contributed by atoms with Crippen LogP contribution < -0.4 is 15.8 Å². The summed E-state index contributed by atoms with van der Waals surface area (Å²) in [5.41, 5.74) is 5.29. The van der Waals surface area contributed by atoms with Crippen LogP contribution in [0.2, 0.25) is 0 Å². The van der Waals surface area contributed by atoms with Gasteiger partial charge in [-0.3, -0.25) is 30.1 Å². The summed E-state index contributed by atoms with van der Waals surface area (Å²) in [7, 11) is 0. The third-order valence-electron chi connectivity index (χ3n) is 3.66. The standard InChI is InChI=1S/C19H16FN5O3S/c1-12(26)25(16-7-3-2-5-14(16)20)19-22-13(11-29-19)8-9-17(27)23-24-18(28)15-6-4-10-21-15/h2-11,21H,1H3,(H,23,27)(H,24,28). The molecule has 2 heterocycles. The van der Waals surface area contributed by atoms with Crippen LogP contribution in [-0.4, -0.2) is 27.7 Å². The van der Waals surface area contributed by atoms with E-state index in [4.69, 9.17) is 0 Å². The van der Waals surface area contributed by atoms with Gasteiger partial charge >= 0.3 is 0 Å². The van der Waals surface area contributed by atoms with Crippen molar-refractivity contribution in [1.29, 1.82) is 0 Å². The summed E-state index contributed by atoms with van der Waals surface area (Å²) in [5.74, 6) is -2.01. The lowest BCUT2D eigenvalue weighted by atomic mass is 10.3. The number of amides is 3. The topological polar surface area (TPSA) is 107 Å². The molecule has 0 spiro atoms. The Morgan fingerprint density at radius 3 is 2.66 bits per heavy atom. The maximum atomic E-state index is 14.1. The molecule has 0 radical (unpaired) electrons. The van der Waals surface area contributed by atoms with Crippen molar-refractivity contribution in [3.05, 3.63) is 71.3 Å². The molecule has 0 saturated carbocycles. The van der Waals surface area contributed by atoms with Gasteiger partial charge < -0.3 is 4.98 Å². The highest BCUT2D eigenvalue weighted by molar-refractivity contribution is 7.14. The van der Waals surface area contributed by atoms with Gasteiger partial charge in [0.05, 0.1) is 11.4 Å². The molecule has 10 heteroatoms. The van der Waals surface area contributed by atoms with Crippen LogP contribution in [0.25, 0.3) is 6.08 Å². The first kappa shape index (κ1) is 20.0. The lowest BCUT2D eigenvalue weighted by Gasteiger charge is -2.18. The third kappa shape index (κ3) is 4.93. The van der Waals surface area contributed by atoms with E-state index in [2.05, 4.69) is 20.8 Å². The Hall–Kier alpha value is -3.79. The molecule has 0 atom stereocenters. The Balaban J connectivity index is 1.65. The Kier molecular flexibility index (Phi) is 6.15. The molecule has 29 heavy (non-hydrogen) atoms. The third-order valence-corrected chi connectivity index (χ3v) is 4.50. The fraction of sp³-hybridized carbons (Fsp3) is 0.0526. The van der Waals surface area contributed by atoms with E-state index in [0.29, 0.717) is 11.4 Å². The molecule has 3 aromatic rings. The summed E-state index contributed by atoms with van der Waals surface area (Å²) in [5, 5.41) is 1.88. The monoisotopic (exact) mass is 413 g/mol. The van der Waals surface area contributed by atoms with Crippen LogP contribution >= 0.6 is 11.3 Å². The minimum absolute atomic E-state index is 0.0923. The summed E-state index contributed by atoms with van der Waals surface area (Å²) in [4.78, 5) is 43.7. The van der Waals surface area contributed by atoms with Crippen LogP contribution in [0.3, 0.4) is 0 Å². The van der Waals surface area contributed by atoms with Gasteiger partial charge in [-0.25, -0.2) is 9.37 Å². The summed E-state index contributed by atoms with van der Waals surface area (Å²) >= 11 is 1.13. The van der Waals surface area contributed by atoms with Crippen molar-refractivity contribution in [3.63, 3.8) is 0 Å². The summed E-state index contributed by atoms with van der Waals surface area (Å²) < 4.78 is 14.1. The quantitative estimate of drug-likeness (QED) is 0.442. The molecule has 2 aromatic heterocycles. The fourth-order valence-corrected chi connectivity index (χ4v) is 3.20. The van der Waals surface area contributed by atoms with Crippen molar-refractivity contribution in [2.75, 3.05) is 4.90 Å². The average Bonchev–Trinajstić information content (AvgIpc) is 3.38. The zero-order valence-electron chi connectivity index (χ0n) is 15.2. The molecule has 0 fully saturated rings. The van der Waals surface area contributed by atoms with Crippen molar-refractivity contribution in [3.8, 4) is 0 Å². The van der Waals surface area contributed by atoms with Crippen LogP contribution in [0.5, 0.6) is 0 Å². The number of nitrogens with zero attached hydrogens (tertiary/aromatic N) is 2. The van der Waals surface area contributed by atoms with Crippen LogP contribution in [0, 0.1) is 5.82 Å². The number of anilines is 2. The Bertz CT molecular complexity index is 1060. The number of rotatable bonds is 5. The van der Waals surface area contributed by atoms with E-state index >= 15 is 0 Å². The largest absolute Gasteiger partial charge is 0.357 e. The molecular formula is C19H16FN5O3S. The predicted octanol–water partition coefficient (Wildman–Crippen LogP) is 2.77. The van der Waals surface area contributed by atoms with Crippen molar-refractivity contribution in [1.82, 2.24) is 20.8 Å². The first-order valence-electron chi connectivity index (χ1n) is 8.38. The minimum atomic E-state index is -0.572. The number of para-hydroxylation sites is 1. The van der Waals surface area contributed by atoms with Crippen LogP contribution in [0.15, 0.2) is 54.1 Å². The SMILES string of the molecule is CC(=O)N(c1nc(C=CC(=O)NNC(=O)c2ccc[nH]2)cs1)c1ccccc1F. The van der Waals surface area contributed by atoms with Crippen molar-refractivity contribution >= 4 is 46.0 Å². The number of H-pyrrole nitrogens is 1. The molecule has 0 aliphatic rings. The van der Waals surface area contributed by atoms with E-state index in [9.17, 15) is 18.8 Å². The number of aromatic nitrogens is 2. The molecule has 0 aliphatic carbocycles. The smallest absolute Gasteiger partial charge is 0.286 e. The Morgan fingerprint density at radius 1 is 1.17 bits per heavy atom. The number of carbonyl (C=O) groups excluding carboxylic acids is 3. The van der Waals surface area contributed by atoms with Gasteiger partial charge in [0.15, 0.2) is 5.13 Å².